The Hall–Kier alpha value is -1.18. The normalized spacial score (nSPS) is 32.9. The topological polar surface area (TPSA) is 102 Å². The molecule has 1 fully saturated rings. The summed E-state index contributed by atoms with van der Waals surface area (Å²) in [7, 11) is 0. The molecule has 0 aliphatic carbocycles. The molecule has 1 saturated heterocycles. The molecule has 2 N–H and O–H groups in total. The number of ether oxygens (including phenoxy) is 3. The number of rotatable bonds is 3. The predicted octanol–water partition coefficient (Wildman–Crippen LogP) is -1.05. The summed E-state index contributed by atoms with van der Waals surface area (Å²) in [6.45, 7) is 2.22. The van der Waals surface area contributed by atoms with Gasteiger partial charge in [0.2, 0.25) is 0 Å². The SMILES string of the molecule is CC(=O)OC[C@H]1O[C@@H](O)C[C@@H](O)[C@H]1OC(C)=O. The third kappa shape index (κ3) is 4.29. The van der Waals surface area contributed by atoms with Crippen LogP contribution in [0.4, 0.5) is 0 Å². The van der Waals surface area contributed by atoms with Gasteiger partial charge in [0, 0.05) is 20.3 Å². The van der Waals surface area contributed by atoms with Crippen molar-refractivity contribution in [2.75, 3.05) is 6.61 Å². The third-order valence-electron chi connectivity index (χ3n) is 2.27. The first-order chi connectivity index (χ1) is 7.90. The summed E-state index contributed by atoms with van der Waals surface area (Å²) in [5.74, 6) is -1.11. The molecule has 1 aliphatic heterocycles. The van der Waals surface area contributed by atoms with E-state index in [0.29, 0.717) is 0 Å². The van der Waals surface area contributed by atoms with E-state index < -0.39 is 36.5 Å². The van der Waals surface area contributed by atoms with Gasteiger partial charge in [-0.15, -0.1) is 0 Å². The minimum absolute atomic E-state index is 0.0610. The molecule has 0 radical (unpaired) electrons. The maximum Gasteiger partial charge on any atom is 0.303 e. The van der Waals surface area contributed by atoms with Crippen LogP contribution in [0.1, 0.15) is 20.3 Å². The molecule has 0 amide bonds. The Morgan fingerprint density at radius 3 is 2.47 bits per heavy atom. The van der Waals surface area contributed by atoms with Gasteiger partial charge >= 0.3 is 11.9 Å². The van der Waals surface area contributed by atoms with Crippen LogP contribution in [0.3, 0.4) is 0 Å². The molecule has 7 heteroatoms. The van der Waals surface area contributed by atoms with Crippen molar-refractivity contribution < 1.29 is 34.0 Å². The molecule has 0 spiro atoms. The summed E-state index contributed by atoms with van der Waals surface area (Å²) in [6, 6.07) is 0. The van der Waals surface area contributed by atoms with Crippen molar-refractivity contribution in [3.8, 4) is 0 Å². The summed E-state index contributed by atoms with van der Waals surface area (Å²) < 4.78 is 14.7. The fourth-order valence-electron chi connectivity index (χ4n) is 1.60. The van der Waals surface area contributed by atoms with E-state index in [1.807, 2.05) is 0 Å². The minimum Gasteiger partial charge on any atom is -0.463 e. The molecule has 0 unspecified atom stereocenters. The maximum atomic E-state index is 10.9. The van der Waals surface area contributed by atoms with Crippen LogP contribution < -0.4 is 0 Å². The lowest BCUT2D eigenvalue weighted by atomic mass is 10.0. The zero-order chi connectivity index (χ0) is 13.0. The Bertz CT molecular complexity index is 290. The van der Waals surface area contributed by atoms with Gasteiger partial charge in [0.25, 0.3) is 0 Å². The van der Waals surface area contributed by atoms with Crippen LogP contribution >= 0.6 is 0 Å². The zero-order valence-corrected chi connectivity index (χ0v) is 9.66. The first-order valence-corrected chi connectivity index (χ1v) is 5.22. The summed E-state index contributed by atoms with van der Waals surface area (Å²) in [5.41, 5.74) is 0. The number of aliphatic hydroxyl groups is 2. The molecule has 0 bridgehead atoms. The Morgan fingerprint density at radius 2 is 1.94 bits per heavy atom. The van der Waals surface area contributed by atoms with E-state index in [4.69, 9.17) is 14.2 Å². The van der Waals surface area contributed by atoms with Crippen molar-refractivity contribution in [2.45, 2.75) is 44.9 Å². The number of carbonyl (C=O) groups is 2. The molecule has 0 aromatic carbocycles. The predicted molar refractivity (Wildman–Crippen MR) is 53.7 cm³/mol. The van der Waals surface area contributed by atoms with Crippen LogP contribution in [0.5, 0.6) is 0 Å². The molecule has 4 atom stereocenters. The third-order valence-corrected chi connectivity index (χ3v) is 2.27. The van der Waals surface area contributed by atoms with E-state index in [-0.39, 0.29) is 13.0 Å². The lowest BCUT2D eigenvalue weighted by Crippen LogP contribution is -2.52. The van der Waals surface area contributed by atoms with Gasteiger partial charge in [-0.05, 0) is 0 Å². The highest BCUT2D eigenvalue weighted by Crippen LogP contribution is 2.22. The van der Waals surface area contributed by atoms with Crippen LogP contribution in [0.15, 0.2) is 0 Å². The van der Waals surface area contributed by atoms with Gasteiger partial charge in [0.05, 0.1) is 6.10 Å². The first kappa shape index (κ1) is 13.9. The van der Waals surface area contributed by atoms with E-state index in [1.165, 1.54) is 13.8 Å². The van der Waals surface area contributed by atoms with Crippen LogP contribution in [0, 0.1) is 0 Å². The zero-order valence-electron chi connectivity index (χ0n) is 9.66. The summed E-state index contributed by atoms with van der Waals surface area (Å²) >= 11 is 0. The van der Waals surface area contributed by atoms with Crippen LogP contribution in [-0.4, -0.2) is 53.4 Å². The molecule has 1 heterocycles. The highest BCUT2D eigenvalue weighted by Gasteiger charge is 2.40. The van der Waals surface area contributed by atoms with E-state index in [9.17, 15) is 19.8 Å². The summed E-state index contributed by atoms with van der Waals surface area (Å²) in [6.07, 6.45) is -4.11. The Labute approximate surface area is 98.3 Å². The second-order valence-corrected chi connectivity index (χ2v) is 3.81. The number of hydrogen-bond donors (Lipinski definition) is 2. The molecule has 1 aliphatic rings. The molecule has 0 aromatic heterocycles. The number of carbonyl (C=O) groups excluding carboxylic acids is 2. The largest absolute Gasteiger partial charge is 0.463 e. The molecule has 0 saturated carbocycles. The Morgan fingerprint density at radius 1 is 1.29 bits per heavy atom. The van der Waals surface area contributed by atoms with Crippen LogP contribution in [0.2, 0.25) is 0 Å². The molecule has 7 nitrogen and oxygen atoms in total. The monoisotopic (exact) mass is 248 g/mol. The highest BCUT2D eigenvalue weighted by atomic mass is 16.7. The van der Waals surface area contributed by atoms with Gasteiger partial charge in [-0.3, -0.25) is 9.59 Å². The molecule has 0 aromatic rings. The van der Waals surface area contributed by atoms with Gasteiger partial charge in [-0.2, -0.15) is 0 Å². The molecular weight excluding hydrogens is 232 g/mol. The number of esters is 2. The van der Waals surface area contributed by atoms with Crippen LogP contribution in [0.25, 0.3) is 0 Å². The average Bonchev–Trinajstić information content (AvgIpc) is 2.18. The van der Waals surface area contributed by atoms with Gasteiger partial charge in [0.1, 0.15) is 12.7 Å². The fraction of sp³-hybridized carbons (Fsp3) is 0.800. The highest BCUT2D eigenvalue weighted by molar-refractivity contribution is 5.66. The van der Waals surface area contributed by atoms with Gasteiger partial charge in [-0.1, -0.05) is 0 Å². The first-order valence-electron chi connectivity index (χ1n) is 5.22. The van der Waals surface area contributed by atoms with E-state index in [0.717, 1.165) is 0 Å². The summed E-state index contributed by atoms with van der Waals surface area (Å²) in [5, 5.41) is 19.0. The molecular formula is C10H16O7. The lowest BCUT2D eigenvalue weighted by molar-refractivity contribution is -0.248. The Kier molecular flexibility index (Phi) is 4.86. The van der Waals surface area contributed by atoms with E-state index >= 15 is 0 Å². The standard InChI is InChI=1S/C10H16O7/c1-5(11)15-4-8-10(16-6(2)12)7(13)3-9(14)17-8/h7-10,13-14H,3-4H2,1-2H3/t7-,8-,9-,10-/m1/s1. The molecule has 17 heavy (non-hydrogen) atoms. The van der Waals surface area contributed by atoms with Gasteiger partial charge < -0.3 is 24.4 Å². The maximum absolute atomic E-state index is 10.9. The van der Waals surface area contributed by atoms with Crippen molar-refractivity contribution in [1.29, 1.82) is 0 Å². The fourth-order valence-corrected chi connectivity index (χ4v) is 1.60. The van der Waals surface area contributed by atoms with Crippen molar-refractivity contribution in [3.05, 3.63) is 0 Å². The van der Waals surface area contributed by atoms with Crippen molar-refractivity contribution in [3.63, 3.8) is 0 Å². The van der Waals surface area contributed by atoms with Crippen molar-refractivity contribution in [2.24, 2.45) is 0 Å². The van der Waals surface area contributed by atoms with Gasteiger partial charge in [-0.25, -0.2) is 0 Å². The van der Waals surface area contributed by atoms with Gasteiger partial charge in [0.15, 0.2) is 12.4 Å². The molecule has 98 valence electrons. The quantitative estimate of drug-likeness (QED) is 0.614. The van der Waals surface area contributed by atoms with E-state index in [1.54, 1.807) is 0 Å². The minimum atomic E-state index is -1.17. The number of aliphatic hydroxyl groups excluding tert-OH is 2. The number of hydrogen-bond acceptors (Lipinski definition) is 7. The van der Waals surface area contributed by atoms with Crippen molar-refractivity contribution >= 4 is 11.9 Å². The van der Waals surface area contributed by atoms with E-state index in [2.05, 4.69) is 0 Å². The molecule has 1 rings (SSSR count). The van der Waals surface area contributed by atoms with Crippen molar-refractivity contribution in [1.82, 2.24) is 0 Å². The smallest absolute Gasteiger partial charge is 0.303 e. The second kappa shape index (κ2) is 5.95. The Balaban J connectivity index is 2.64. The van der Waals surface area contributed by atoms with Crippen LogP contribution in [-0.2, 0) is 23.8 Å². The second-order valence-electron chi connectivity index (χ2n) is 3.81. The summed E-state index contributed by atoms with van der Waals surface area (Å²) in [4.78, 5) is 21.5. The average molecular weight is 248 g/mol. The lowest BCUT2D eigenvalue weighted by Gasteiger charge is -2.36.